The third kappa shape index (κ3) is 2.45. The zero-order valence-corrected chi connectivity index (χ0v) is 12.6. The Hall–Kier alpha value is -2.13. The average molecular weight is 281 g/mol. The molecule has 0 radical (unpaired) electrons. The molecule has 0 saturated carbocycles. The van der Waals surface area contributed by atoms with Crippen LogP contribution in [0.1, 0.15) is 25.6 Å². The first-order chi connectivity index (χ1) is 10.2. The van der Waals surface area contributed by atoms with Crippen LogP contribution in [0, 0.1) is 0 Å². The molecule has 2 aromatic carbocycles. The lowest BCUT2D eigenvalue weighted by Gasteiger charge is -2.16. The summed E-state index contributed by atoms with van der Waals surface area (Å²) in [4.78, 5) is 4.82. The third-order valence-corrected chi connectivity index (χ3v) is 3.74. The molecule has 0 aliphatic carbocycles. The summed E-state index contributed by atoms with van der Waals surface area (Å²) in [7, 11) is 1.68. The number of ether oxygens (including phenoxy) is 2. The Morgan fingerprint density at radius 3 is 2.62 bits per heavy atom. The van der Waals surface area contributed by atoms with Crippen LogP contribution in [0.3, 0.4) is 0 Å². The van der Waals surface area contributed by atoms with E-state index in [9.17, 15) is 0 Å². The number of nitrogens with zero attached hydrogens (tertiary/aromatic N) is 1. The molecule has 3 rings (SSSR count). The molecule has 1 heterocycles. The predicted molar refractivity (Wildman–Crippen MR) is 85.8 cm³/mol. The second kappa shape index (κ2) is 5.70. The van der Waals surface area contributed by atoms with Gasteiger partial charge < -0.3 is 9.47 Å². The Labute approximate surface area is 124 Å². The number of pyridine rings is 1. The van der Waals surface area contributed by atoms with Crippen LogP contribution < -0.4 is 4.74 Å². The van der Waals surface area contributed by atoms with Crippen molar-refractivity contribution >= 4 is 21.7 Å². The molecule has 0 aliphatic heterocycles. The Kier molecular flexibility index (Phi) is 3.76. The summed E-state index contributed by atoms with van der Waals surface area (Å²) >= 11 is 0. The normalized spacial score (nSPS) is 12.7. The second-order valence-electron chi connectivity index (χ2n) is 5.02. The second-order valence-corrected chi connectivity index (χ2v) is 5.02. The van der Waals surface area contributed by atoms with Crippen molar-refractivity contribution in [2.75, 3.05) is 13.7 Å². The fraction of sp³-hybridized carbons (Fsp3) is 0.278. The lowest BCUT2D eigenvalue weighted by Crippen LogP contribution is -2.04. The molecule has 0 bridgehead atoms. The van der Waals surface area contributed by atoms with Crippen molar-refractivity contribution in [1.82, 2.24) is 4.98 Å². The minimum Gasteiger partial charge on any atom is -0.497 e. The van der Waals surface area contributed by atoms with Crippen molar-refractivity contribution in [3.05, 3.63) is 48.2 Å². The summed E-state index contributed by atoms with van der Waals surface area (Å²) in [5.41, 5.74) is 1.96. The molecule has 1 aromatic heterocycles. The van der Waals surface area contributed by atoms with Gasteiger partial charge in [0.1, 0.15) is 5.75 Å². The molecular weight excluding hydrogens is 262 g/mol. The topological polar surface area (TPSA) is 31.4 Å². The molecular formula is C18H19NO2. The lowest BCUT2D eigenvalue weighted by molar-refractivity contribution is 0.0747. The van der Waals surface area contributed by atoms with Gasteiger partial charge in [-0.15, -0.1) is 0 Å². The quantitative estimate of drug-likeness (QED) is 0.660. The van der Waals surface area contributed by atoms with E-state index in [1.807, 2.05) is 44.2 Å². The van der Waals surface area contributed by atoms with E-state index in [0.717, 1.165) is 27.7 Å². The largest absolute Gasteiger partial charge is 0.497 e. The highest BCUT2D eigenvalue weighted by molar-refractivity contribution is 6.07. The van der Waals surface area contributed by atoms with Crippen LogP contribution in [-0.4, -0.2) is 18.7 Å². The number of hydrogen-bond acceptors (Lipinski definition) is 3. The third-order valence-electron chi connectivity index (χ3n) is 3.74. The van der Waals surface area contributed by atoms with Gasteiger partial charge in [-0.1, -0.05) is 18.2 Å². The van der Waals surface area contributed by atoms with Gasteiger partial charge in [-0.3, -0.25) is 0 Å². The van der Waals surface area contributed by atoms with E-state index in [0.29, 0.717) is 6.61 Å². The van der Waals surface area contributed by atoms with Crippen LogP contribution in [0.15, 0.2) is 42.5 Å². The molecule has 3 aromatic rings. The predicted octanol–water partition coefficient (Wildman–Crippen LogP) is 4.49. The van der Waals surface area contributed by atoms with E-state index in [4.69, 9.17) is 14.5 Å². The highest BCUT2D eigenvalue weighted by Gasteiger charge is 2.14. The maximum absolute atomic E-state index is 5.76. The van der Waals surface area contributed by atoms with Gasteiger partial charge in [0.2, 0.25) is 0 Å². The van der Waals surface area contributed by atoms with Crippen molar-refractivity contribution < 1.29 is 9.47 Å². The molecule has 0 fully saturated rings. The highest BCUT2D eigenvalue weighted by Crippen LogP contribution is 2.33. The number of fused-ring (bicyclic) bond motifs is 3. The minimum absolute atomic E-state index is 0.0470. The zero-order chi connectivity index (χ0) is 14.8. The van der Waals surface area contributed by atoms with E-state index in [2.05, 4.69) is 12.1 Å². The monoisotopic (exact) mass is 281 g/mol. The van der Waals surface area contributed by atoms with Crippen molar-refractivity contribution in [3.8, 4) is 5.75 Å². The van der Waals surface area contributed by atoms with Crippen LogP contribution in [0.4, 0.5) is 0 Å². The lowest BCUT2D eigenvalue weighted by atomic mass is 10.0. The molecule has 0 N–H and O–H groups in total. The van der Waals surface area contributed by atoms with Gasteiger partial charge in [0.25, 0.3) is 0 Å². The molecule has 0 amide bonds. The Morgan fingerprint density at radius 1 is 1.05 bits per heavy atom. The molecule has 21 heavy (non-hydrogen) atoms. The van der Waals surface area contributed by atoms with Crippen LogP contribution >= 0.6 is 0 Å². The fourth-order valence-electron chi connectivity index (χ4n) is 2.72. The Bertz CT molecular complexity index is 783. The van der Waals surface area contributed by atoms with Gasteiger partial charge in [-0.2, -0.15) is 0 Å². The van der Waals surface area contributed by atoms with Crippen LogP contribution in [0.5, 0.6) is 5.75 Å². The molecule has 108 valence electrons. The standard InChI is InChI=1S/C18H19NO2/c1-4-21-12(2)18-16-11-13(20-3)9-10-14(16)15-7-5-6-8-17(15)19-18/h5-12H,4H2,1-3H3. The summed E-state index contributed by atoms with van der Waals surface area (Å²) in [6.45, 7) is 4.71. The molecule has 0 spiro atoms. The van der Waals surface area contributed by atoms with Gasteiger partial charge in [0.05, 0.1) is 24.4 Å². The molecule has 3 nitrogen and oxygen atoms in total. The van der Waals surface area contributed by atoms with Crippen molar-refractivity contribution in [2.24, 2.45) is 0 Å². The smallest absolute Gasteiger partial charge is 0.119 e. The van der Waals surface area contributed by atoms with Crippen molar-refractivity contribution in [3.63, 3.8) is 0 Å². The molecule has 0 saturated heterocycles. The first-order valence-electron chi connectivity index (χ1n) is 7.22. The number of hydrogen-bond donors (Lipinski definition) is 0. The summed E-state index contributed by atoms with van der Waals surface area (Å²) < 4.78 is 11.1. The number of methoxy groups -OCH3 is 1. The fourth-order valence-corrected chi connectivity index (χ4v) is 2.72. The summed E-state index contributed by atoms with van der Waals surface area (Å²) in [5, 5.41) is 3.43. The van der Waals surface area contributed by atoms with Crippen LogP contribution in [-0.2, 0) is 4.74 Å². The van der Waals surface area contributed by atoms with E-state index in [1.54, 1.807) is 7.11 Å². The summed E-state index contributed by atoms with van der Waals surface area (Å²) in [6, 6.07) is 14.3. The zero-order valence-electron chi connectivity index (χ0n) is 12.6. The van der Waals surface area contributed by atoms with Gasteiger partial charge >= 0.3 is 0 Å². The van der Waals surface area contributed by atoms with E-state index < -0.39 is 0 Å². The maximum Gasteiger partial charge on any atom is 0.119 e. The van der Waals surface area contributed by atoms with E-state index in [-0.39, 0.29) is 6.10 Å². The average Bonchev–Trinajstić information content (AvgIpc) is 2.53. The van der Waals surface area contributed by atoms with Crippen molar-refractivity contribution in [1.29, 1.82) is 0 Å². The molecule has 0 aliphatic rings. The van der Waals surface area contributed by atoms with Gasteiger partial charge in [-0.05, 0) is 43.5 Å². The molecule has 1 atom stereocenters. The SMILES string of the molecule is CCOC(C)c1nc2ccccc2c2ccc(OC)cc12. The van der Waals surface area contributed by atoms with Crippen molar-refractivity contribution in [2.45, 2.75) is 20.0 Å². The summed E-state index contributed by atoms with van der Waals surface area (Å²) in [6.07, 6.45) is -0.0470. The summed E-state index contributed by atoms with van der Waals surface area (Å²) in [5.74, 6) is 0.838. The molecule has 1 unspecified atom stereocenters. The number of benzene rings is 2. The minimum atomic E-state index is -0.0470. The first-order valence-corrected chi connectivity index (χ1v) is 7.22. The van der Waals surface area contributed by atoms with Gasteiger partial charge in [0, 0.05) is 17.4 Å². The van der Waals surface area contributed by atoms with Crippen LogP contribution in [0.2, 0.25) is 0 Å². The highest BCUT2D eigenvalue weighted by atomic mass is 16.5. The van der Waals surface area contributed by atoms with Gasteiger partial charge in [-0.25, -0.2) is 4.98 Å². The number of aromatic nitrogens is 1. The number of rotatable bonds is 4. The first kappa shape index (κ1) is 13.8. The Balaban J connectivity index is 2.35. The Morgan fingerprint density at radius 2 is 1.86 bits per heavy atom. The van der Waals surface area contributed by atoms with Crippen LogP contribution in [0.25, 0.3) is 21.7 Å². The van der Waals surface area contributed by atoms with E-state index in [1.165, 1.54) is 5.39 Å². The van der Waals surface area contributed by atoms with Gasteiger partial charge in [0.15, 0.2) is 0 Å². The van der Waals surface area contributed by atoms with E-state index >= 15 is 0 Å². The maximum atomic E-state index is 5.76. The molecule has 3 heteroatoms. The number of para-hydroxylation sites is 1.